The maximum absolute atomic E-state index is 5.85. The zero-order chi connectivity index (χ0) is 15.6. The molecule has 1 atom stereocenters. The molecule has 118 valence electrons. The third kappa shape index (κ3) is 2.92. The molecule has 4 rings (SSSR count). The highest BCUT2D eigenvalue weighted by atomic mass is 32.1. The molecule has 0 amide bonds. The van der Waals surface area contributed by atoms with E-state index in [2.05, 4.69) is 33.5 Å². The van der Waals surface area contributed by atoms with Crippen molar-refractivity contribution in [1.29, 1.82) is 0 Å². The molecule has 3 aromatic rings. The van der Waals surface area contributed by atoms with Crippen LogP contribution in [-0.2, 0) is 19.4 Å². The number of thiazole rings is 1. The first-order chi connectivity index (χ1) is 11.3. The molecule has 2 aromatic heterocycles. The average Bonchev–Trinajstić information content (AvgIpc) is 3.30. The lowest BCUT2D eigenvalue weighted by atomic mass is 10.1. The van der Waals surface area contributed by atoms with Gasteiger partial charge < -0.3 is 14.5 Å². The maximum Gasteiger partial charge on any atom is 0.315 e. The molecule has 0 fully saturated rings. The van der Waals surface area contributed by atoms with Crippen molar-refractivity contribution in [3.05, 3.63) is 51.8 Å². The fourth-order valence-corrected chi connectivity index (χ4v) is 3.26. The minimum Gasteiger partial charge on any atom is -0.480 e. The molecule has 1 aliphatic rings. The molecule has 6 nitrogen and oxygen atoms in total. The van der Waals surface area contributed by atoms with Crippen LogP contribution in [0.5, 0.6) is 5.75 Å². The van der Waals surface area contributed by atoms with E-state index in [1.54, 1.807) is 11.3 Å². The summed E-state index contributed by atoms with van der Waals surface area (Å²) in [7, 11) is 0. The highest BCUT2D eigenvalue weighted by molar-refractivity contribution is 7.09. The molecular formula is C16H16N4O2S. The largest absolute Gasteiger partial charge is 0.480 e. The molecular weight excluding hydrogens is 312 g/mol. The highest BCUT2D eigenvalue weighted by Crippen LogP contribution is 2.36. The number of para-hydroxylation sites is 1. The molecule has 1 N–H and O–H groups in total. The van der Waals surface area contributed by atoms with E-state index in [9.17, 15) is 0 Å². The summed E-state index contributed by atoms with van der Waals surface area (Å²) in [6, 6.07) is 8.37. The van der Waals surface area contributed by atoms with E-state index in [-0.39, 0.29) is 6.10 Å². The van der Waals surface area contributed by atoms with Gasteiger partial charge >= 0.3 is 6.01 Å². The van der Waals surface area contributed by atoms with Gasteiger partial charge in [-0.3, -0.25) is 0 Å². The van der Waals surface area contributed by atoms with Crippen LogP contribution in [-0.4, -0.2) is 15.2 Å². The summed E-state index contributed by atoms with van der Waals surface area (Å²) in [5.41, 5.74) is 2.15. The summed E-state index contributed by atoms with van der Waals surface area (Å²) >= 11 is 1.67. The zero-order valence-electron chi connectivity index (χ0n) is 12.7. The van der Waals surface area contributed by atoms with Gasteiger partial charge in [-0.1, -0.05) is 30.2 Å². The molecule has 1 aliphatic heterocycles. The highest BCUT2D eigenvalue weighted by Gasteiger charge is 2.28. The molecule has 0 saturated heterocycles. The number of aryl methyl sites for hydroxylation is 1. The SMILES string of the molecule is CCc1nc(CNc2nnc([C@H]3Cc4ccccc4O3)o2)cs1. The number of nitrogens with zero attached hydrogens (tertiary/aromatic N) is 3. The van der Waals surface area contributed by atoms with E-state index in [1.807, 2.05) is 23.6 Å². The maximum atomic E-state index is 5.85. The van der Waals surface area contributed by atoms with Gasteiger partial charge in [-0.05, 0) is 18.1 Å². The second-order valence-electron chi connectivity index (χ2n) is 5.30. The Labute approximate surface area is 137 Å². The Bertz CT molecular complexity index is 789. The van der Waals surface area contributed by atoms with Crippen molar-refractivity contribution < 1.29 is 9.15 Å². The fraction of sp³-hybridized carbons (Fsp3) is 0.312. The first kappa shape index (κ1) is 14.2. The lowest BCUT2D eigenvalue weighted by Gasteiger charge is -2.04. The number of ether oxygens (including phenoxy) is 1. The smallest absolute Gasteiger partial charge is 0.315 e. The first-order valence-corrected chi connectivity index (χ1v) is 8.45. The minimum atomic E-state index is -0.207. The van der Waals surface area contributed by atoms with Crippen molar-refractivity contribution >= 4 is 17.4 Å². The van der Waals surface area contributed by atoms with E-state index in [4.69, 9.17) is 9.15 Å². The molecule has 0 aliphatic carbocycles. The Balaban J connectivity index is 1.40. The van der Waals surface area contributed by atoms with E-state index >= 15 is 0 Å². The van der Waals surface area contributed by atoms with Gasteiger partial charge in [0.05, 0.1) is 17.2 Å². The van der Waals surface area contributed by atoms with Crippen LogP contribution in [0.1, 0.15) is 35.2 Å². The van der Waals surface area contributed by atoms with Crippen LogP contribution in [0, 0.1) is 0 Å². The van der Waals surface area contributed by atoms with Gasteiger partial charge in [0.1, 0.15) is 5.75 Å². The number of anilines is 1. The number of hydrogen-bond donors (Lipinski definition) is 1. The summed E-state index contributed by atoms with van der Waals surface area (Å²) in [5, 5.41) is 14.4. The predicted octanol–water partition coefficient (Wildman–Crippen LogP) is 3.38. The van der Waals surface area contributed by atoms with E-state index in [1.165, 1.54) is 5.56 Å². The summed E-state index contributed by atoms with van der Waals surface area (Å²) in [4.78, 5) is 4.50. The van der Waals surface area contributed by atoms with E-state index < -0.39 is 0 Å². The number of benzene rings is 1. The monoisotopic (exact) mass is 328 g/mol. The van der Waals surface area contributed by atoms with Crippen molar-refractivity contribution in [3.63, 3.8) is 0 Å². The minimum absolute atomic E-state index is 0.207. The van der Waals surface area contributed by atoms with Gasteiger partial charge in [0.25, 0.3) is 5.89 Å². The molecule has 1 aromatic carbocycles. The molecule has 7 heteroatoms. The van der Waals surface area contributed by atoms with Crippen molar-refractivity contribution in [3.8, 4) is 5.75 Å². The Kier molecular flexibility index (Phi) is 3.70. The number of nitrogens with one attached hydrogen (secondary N) is 1. The molecule has 0 unspecified atom stereocenters. The van der Waals surface area contributed by atoms with E-state index in [0.717, 1.165) is 29.3 Å². The number of rotatable bonds is 5. The topological polar surface area (TPSA) is 73.1 Å². The lowest BCUT2D eigenvalue weighted by Crippen LogP contribution is -2.03. The van der Waals surface area contributed by atoms with Gasteiger partial charge in [-0.25, -0.2) is 4.98 Å². The zero-order valence-corrected chi connectivity index (χ0v) is 13.5. The molecule has 3 heterocycles. The standard InChI is InChI=1S/C16H16N4O2S/c1-2-14-18-11(9-23-14)8-17-16-20-19-15(22-16)13-7-10-5-3-4-6-12(10)21-13/h3-6,9,13H,2,7-8H2,1H3,(H,17,20)/t13-/m1/s1. The molecule has 0 radical (unpaired) electrons. The van der Waals surface area contributed by atoms with Crippen molar-refractivity contribution in [2.75, 3.05) is 5.32 Å². The quantitative estimate of drug-likeness (QED) is 0.774. The Morgan fingerprint density at radius 3 is 3.04 bits per heavy atom. The summed E-state index contributed by atoms with van der Waals surface area (Å²) in [6.07, 6.45) is 1.50. The van der Waals surface area contributed by atoms with Crippen molar-refractivity contribution in [2.45, 2.75) is 32.4 Å². The Morgan fingerprint density at radius 2 is 2.22 bits per heavy atom. The summed E-state index contributed by atoms with van der Waals surface area (Å²) in [6.45, 7) is 2.67. The Morgan fingerprint density at radius 1 is 1.30 bits per heavy atom. The number of hydrogen-bond acceptors (Lipinski definition) is 7. The first-order valence-electron chi connectivity index (χ1n) is 7.57. The van der Waals surface area contributed by atoms with Crippen LogP contribution in [0.3, 0.4) is 0 Å². The average molecular weight is 328 g/mol. The van der Waals surface area contributed by atoms with Crippen LogP contribution in [0.4, 0.5) is 6.01 Å². The van der Waals surface area contributed by atoms with Crippen molar-refractivity contribution in [2.24, 2.45) is 0 Å². The van der Waals surface area contributed by atoms with Crippen LogP contribution >= 0.6 is 11.3 Å². The number of fused-ring (bicyclic) bond motifs is 1. The third-order valence-electron chi connectivity index (χ3n) is 3.69. The van der Waals surface area contributed by atoms with Crippen LogP contribution in [0.15, 0.2) is 34.1 Å². The molecule has 0 bridgehead atoms. The normalized spacial score (nSPS) is 16.1. The van der Waals surface area contributed by atoms with E-state index in [0.29, 0.717) is 18.5 Å². The summed E-state index contributed by atoms with van der Waals surface area (Å²) in [5.74, 6) is 1.39. The van der Waals surface area contributed by atoms with Gasteiger partial charge in [0.2, 0.25) is 0 Å². The second kappa shape index (κ2) is 6.00. The van der Waals surface area contributed by atoms with Crippen LogP contribution in [0.25, 0.3) is 0 Å². The van der Waals surface area contributed by atoms with Crippen LogP contribution in [0.2, 0.25) is 0 Å². The molecule has 0 spiro atoms. The van der Waals surface area contributed by atoms with Gasteiger partial charge in [0, 0.05) is 11.8 Å². The number of aromatic nitrogens is 3. The molecule has 0 saturated carbocycles. The predicted molar refractivity (Wildman–Crippen MR) is 86.6 cm³/mol. The Hall–Kier alpha value is -2.41. The lowest BCUT2D eigenvalue weighted by molar-refractivity contribution is 0.199. The van der Waals surface area contributed by atoms with Gasteiger partial charge in [0.15, 0.2) is 6.10 Å². The fourth-order valence-electron chi connectivity index (χ4n) is 2.51. The second-order valence-corrected chi connectivity index (χ2v) is 6.25. The third-order valence-corrected chi connectivity index (χ3v) is 4.73. The van der Waals surface area contributed by atoms with Crippen molar-refractivity contribution in [1.82, 2.24) is 15.2 Å². The summed E-state index contributed by atoms with van der Waals surface area (Å²) < 4.78 is 11.5. The van der Waals surface area contributed by atoms with Gasteiger partial charge in [-0.15, -0.1) is 16.4 Å². The molecule has 23 heavy (non-hydrogen) atoms. The van der Waals surface area contributed by atoms with Gasteiger partial charge in [-0.2, -0.15) is 0 Å². The van der Waals surface area contributed by atoms with Crippen LogP contribution < -0.4 is 10.1 Å².